The summed E-state index contributed by atoms with van der Waals surface area (Å²) in [5, 5.41) is 0. The number of hydrogen-bond acceptors (Lipinski definition) is 3. The molecule has 0 amide bonds. The molecule has 1 aromatic carbocycles. The van der Waals surface area contributed by atoms with Gasteiger partial charge in [-0.2, -0.15) is 0 Å². The molecule has 0 aliphatic rings. The molecule has 0 aliphatic carbocycles. The molecule has 3 nitrogen and oxygen atoms in total. The molecular formula is C12H16O3. The average molecular weight is 208 g/mol. The van der Waals surface area contributed by atoms with Gasteiger partial charge >= 0.3 is 5.97 Å². The molecule has 0 saturated carbocycles. The van der Waals surface area contributed by atoms with E-state index in [1.807, 2.05) is 20.8 Å². The fourth-order valence-corrected chi connectivity index (χ4v) is 1.44. The number of carbonyl (C=O) groups excluding carboxylic acids is 1. The van der Waals surface area contributed by atoms with Crippen LogP contribution in [-0.4, -0.2) is 19.7 Å². The van der Waals surface area contributed by atoms with Crippen LogP contribution in [0.4, 0.5) is 0 Å². The second-order valence-corrected chi connectivity index (χ2v) is 3.29. The van der Waals surface area contributed by atoms with Crippen LogP contribution in [0.15, 0.2) is 12.1 Å². The van der Waals surface area contributed by atoms with Gasteiger partial charge in [0.05, 0.1) is 19.3 Å². The Morgan fingerprint density at radius 2 is 1.93 bits per heavy atom. The van der Waals surface area contributed by atoms with Crippen LogP contribution in [0.2, 0.25) is 0 Å². The van der Waals surface area contributed by atoms with E-state index in [2.05, 4.69) is 0 Å². The average Bonchev–Trinajstić information content (AvgIpc) is 2.24. The lowest BCUT2D eigenvalue weighted by Crippen LogP contribution is -2.06. The van der Waals surface area contributed by atoms with Crippen molar-refractivity contribution in [1.82, 2.24) is 0 Å². The maximum absolute atomic E-state index is 11.4. The maximum atomic E-state index is 11.4. The number of rotatable bonds is 3. The summed E-state index contributed by atoms with van der Waals surface area (Å²) in [4.78, 5) is 11.4. The molecule has 0 fully saturated rings. The highest BCUT2D eigenvalue weighted by molar-refractivity contribution is 5.91. The Hall–Kier alpha value is -1.51. The standard InChI is InChI=1S/C12H16O3/c1-5-15-11-7-6-10(12(13)14-4)8(2)9(11)3/h6-7H,5H2,1-4H3. The normalized spacial score (nSPS) is 9.87. The van der Waals surface area contributed by atoms with Crippen molar-refractivity contribution in [3.63, 3.8) is 0 Å². The van der Waals surface area contributed by atoms with Gasteiger partial charge in [-0.05, 0) is 44.0 Å². The number of methoxy groups -OCH3 is 1. The molecule has 0 N–H and O–H groups in total. The predicted octanol–water partition coefficient (Wildman–Crippen LogP) is 2.49. The Kier molecular flexibility index (Phi) is 3.72. The third-order valence-electron chi connectivity index (χ3n) is 2.44. The Bertz CT molecular complexity index is 369. The van der Waals surface area contributed by atoms with Crippen LogP contribution < -0.4 is 4.74 Å². The first-order chi connectivity index (χ1) is 7.11. The van der Waals surface area contributed by atoms with E-state index in [1.165, 1.54) is 7.11 Å². The van der Waals surface area contributed by atoms with E-state index < -0.39 is 0 Å². The van der Waals surface area contributed by atoms with Crippen molar-refractivity contribution in [1.29, 1.82) is 0 Å². The fourth-order valence-electron chi connectivity index (χ4n) is 1.44. The largest absolute Gasteiger partial charge is 0.494 e. The van der Waals surface area contributed by atoms with Gasteiger partial charge in [-0.3, -0.25) is 0 Å². The van der Waals surface area contributed by atoms with E-state index in [0.717, 1.165) is 16.9 Å². The van der Waals surface area contributed by atoms with Crippen LogP contribution in [0.25, 0.3) is 0 Å². The Morgan fingerprint density at radius 3 is 2.47 bits per heavy atom. The van der Waals surface area contributed by atoms with Crippen molar-refractivity contribution in [3.05, 3.63) is 28.8 Å². The first-order valence-corrected chi connectivity index (χ1v) is 4.93. The zero-order chi connectivity index (χ0) is 11.4. The molecule has 1 rings (SSSR count). The van der Waals surface area contributed by atoms with Crippen molar-refractivity contribution in [2.24, 2.45) is 0 Å². The fraction of sp³-hybridized carbons (Fsp3) is 0.417. The van der Waals surface area contributed by atoms with Crippen LogP contribution in [0, 0.1) is 13.8 Å². The molecule has 1 aromatic rings. The Labute approximate surface area is 90.0 Å². The number of benzene rings is 1. The summed E-state index contributed by atoms with van der Waals surface area (Å²) < 4.78 is 10.1. The van der Waals surface area contributed by atoms with Crippen LogP contribution in [0.1, 0.15) is 28.4 Å². The summed E-state index contributed by atoms with van der Waals surface area (Å²) in [6.07, 6.45) is 0. The molecule has 0 spiro atoms. The molecular weight excluding hydrogens is 192 g/mol. The zero-order valence-corrected chi connectivity index (χ0v) is 9.59. The summed E-state index contributed by atoms with van der Waals surface area (Å²) in [6, 6.07) is 3.54. The molecule has 0 bridgehead atoms. The molecule has 0 atom stereocenters. The summed E-state index contributed by atoms with van der Waals surface area (Å²) in [7, 11) is 1.38. The van der Waals surface area contributed by atoms with Crippen LogP contribution in [0.5, 0.6) is 5.75 Å². The van der Waals surface area contributed by atoms with Crippen molar-refractivity contribution < 1.29 is 14.3 Å². The quantitative estimate of drug-likeness (QED) is 0.716. The monoisotopic (exact) mass is 208 g/mol. The van der Waals surface area contributed by atoms with E-state index in [9.17, 15) is 4.79 Å². The van der Waals surface area contributed by atoms with E-state index >= 15 is 0 Å². The third kappa shape index (κ3) is 2.29. The van der Waals surface area contributed by atoms with Gasteiger partial charge in [0.1, 0.15) is 5.75 Å². The smallest absolute Gasteiger partial charge is 0.338 e. The van der Waals surface area contributed by atoms with Gasteiger partial charge in [-0.1, -0.05) is 0 Å². The number of ether oxygens (including phenoxy) is 2. The van der Waals surface area contributed by atoms with E-state index in [-0.39, 0.29) is 5.97 Å². The van der Waals surface area contributed by atoms with Crippen LogP contribution in [-0.2, 0) is 4.74 Å². The minimum absolute atomic E-state index is 0.307. The Morgan fingerprint density at radius 1 is 1.27 bits per heavy atom. The van der Waals surface area contributed by atoms with Gasteiger partial charge in [-0.15, -0.1) is 0 Å². The van der Waals surface area contributed by atoms with Gasteiger partial charge in [0, 0.05) is 0 Å². The highest BCUT2D eigenvalue weighted by Gasteiger charge is 2.13. The van der Waals surface area contributed by atoms with E-state index in [0.29, 0.717) is 12.2 Å². The molecule has 0 aromatic heterocycles. The molecule has 0 radical (unpaired) electrons. The lowest BCUT2D eigenvalue weighted by atomic mass is 10.0. The molecule has 15 heavy (non-hydrogen) atoms. The minimum Gasteiger partial charge on any atom is -0.494 e. The van der Waals surface area contributed by atoms with E-state index in [4.69, 9.17) is 9.47 Å². The molecule has 0 saturated heterocycles. The number of hydrogen-bond donors (Lipinski definition) is 0. The molecule has 0 aliphatic heterocycles. The third-order valence-corrected chi connectivity index (χ3v) is 2.44. The number of esters is 1. The first kappa shape index (κ1) is 11.6. The van der Waals surface area contributed by atoms with Gasteiger partial charge < -0.3 is 9.47 Å². The van der Waals surface area contributed by atoms with Crippen molar-refractivity contribution >= 4 is 5.97 Å². The van der Waals surface area contributed by atoms with Gasteiger partial charge in [0.2, 0.25) is 0 Å². The lowest BCUT2D eigenvalue weighted by molar-refractivity contribution is 0.0599. The van der Waals surface area contributed by atoms with Crippen molar-refractivity contribution in [2.45, 2.75) is 20.8 Å². The predicted molar refractivity (Wildman–Crippen MR) is 58.4 cm³/mol. The van der Waals surface area contributed by atoms with Crippen LogP contribution in [0.3, 0.4) is 0 Å². The first-order valence-electron chi connectivity index (χ1n) is 4.93. The topological polar surface area (TPSA) is 35.5 Å². The van der Waals surface area contributed by atoms with Gasteiger partial charge in [0.25, 0.3) is 0 Å². The van der Waals surface area contributed by atoms with Crippen LogP contribution >= 0.6 is 0 Å². The van der Waals surface area contributed by atoms with Crippen molar-refractivity contribution in [3.8, 4) is 5.75 Å². The summed E-state index contributed by atoms with van der Waals surface area (Å²) in [5.41, 5.74) is 2.49. The van der Waals surface area contributed by atoms with E-state index in [1.54, 1.807) is 12.1 Å². The molecule has 3 heteroatoms. The van der Waals surface area contributed by atoms with Crippen molar-refractivity contribution in [2.75, 3.05) is 13.7 Å². The van der Waals surface area contributed by atoms with Gasteiger partial charge in [0.15, 0.2) is 0 Å². The second kappa shape index (κ2) is 4.82. The maximum Gasteiger partial charge on any atom is 0.338 e. The lowest BCUT2D eigenvalue weighted by Gasteiger charge is -2.12. The highest BCUT2D eigenvalue weighted by atomic mass is 16.5. The summed E-state index contributed by atoms with van der Waals surface area (Å²) in [6.45, 7) is 6.39. The SMILES string of the molecule is CCOc1ccc(C(=O)OC)c(C)c1C. The minimum atomic E-state index is -0.307. The zero-order valence-electron chi connectivity index (χ0n) is 9.59. The van der Waals surface area contributed by atoms with Gasteiger partial charge in [-0.25, -0.2) is 4.79 Å². The summed E-state index contributed by atoms with van der Waals surface area (Å²) in [5.74, 6) is 0.515. The molecule has 0 heterocycles. The highest BCUT2D eigenvalue weighted by Crippen LogP contribution is 2.24. The molecule has 82 valence electrons. The Balaban J connectivity index is 3.15. The molecule has 0 unspecified atom stereocenters. The summed E-state index contributed by atoms with van der Waals surface area (Å²) >= 11 is 0. The second-order valence-electron chi connectivity index (χ2n) is 3.29. The number of carbonyl (C=O) groups is 1.